The summed E-state index contributed by atoms with van der Waals surface area (Å²) in [7, 11) is 0. The maximum atomic E-state index is 13.8. The first-order valence-corrected chi connectivity index (χ1v) is 14.4. The molecule has 8 heteroatoms. The second kappa shape index (κ2) is 15.2. The molecule has 3 aromatic carbocycles. The Labute approximate surface area is 242 Å². The Morgan fingerprint density at radius 3 is 2.56 bits per heavy atom. The first-order valence-electron chi connectivity index (χ1n) is 14.4. The van der Waals surface area contributed by atoms with Crippen molar-refractivity contribution in [2.24, 2.45) is 0 Å². The second-order valence-corrected chi connectivity index (χ2v) is 10.4. The number of hydrogen-bond donors (Lipinski definition) is 2. The van der Waals surface area contributed by atoms with E-state index in [1.54, 1.807) is 17.0 Å². The highest BCUT2D eigenvalue weighted by molar-refractivity contribution is 5.88. The highest BCUT2D eigenvalue weighted by atomic mass is 19.1. The molecule has 3 aromatic rings. The maximum absolute atomic E-state index is 13.8. The maximum Gasteiger partial charge on any atom is 0.261 e. The molecule has 0 saturated carbocycles. The number of carbonyl (C=O) groups is 2. The number of carbonyl (C=O) groups excluding carboxylic acids is 2. The van der Waals surface area contributed by atoms with E-state index < -0.39 is 6.04 Å². The Bertz CT molecular complexity index is 1300. The van der Waals surface area contributed by atoms with Gasteiger partial charge in [0.25, 0.3) is 5.91 Å². The van der Waals surface area contributed by atoms with Crippen molar-refractivity contribution in [3.63, 3.8) is 0 Å². The minimum atomic E-state index is -0.548. The number of halogens is 1. The Hall–Kier alpha value is -3.91. The number of nitrogens with zero attached hydrogens (tertiary/aromatic N) is 1. The topological polar surface area (TPSA) is 79.9 Å². The summed E-state index contributed by atoms with van der Waals surface area (Å²) in [6, 6.07) is 19.5. The second-order valence-electron chi connectivity index (χ2n) is 10.4. The van der Waals surface area contributed by atoms with Gasteiger partial charge in [-0.15, -0.1) is 0 Å². The number of aryl methyl sites for hydroxylation is 1. The molecule has 41 heavy (non-hydrogen) atoms. The molecule has 0 bridgehead atoms. The predicted octanol–water partition coefficient (Wildman–Crippen LogP) is 5.29. The molecule has 0 radical (unpaired) electrons. The van der Waals surface area contributed by atoms with Crippen LogP contribution in [0, 0.1) is 12.7 Å². The van der Waals surface area contributed by atoms with Crippen LogP contribution in [0.25, 0.3) is 0 Å². The van der Waals surface area contributed by atoms with E-state index in [4.69, 9.17) is 9.47 Å². The molecule has 7 nitrogen and oxygen atoms in total. The fraction of sp³-hybridized carbons (Fsp3) is 0.394. The van der Waals surface area contributed by atoms with Crippen LogP contribution >= 0.6 is 0 Å². The Kier molecular flexibility index (Phi) is 11.1. The van der Waals surface area contributed by atoms with Crippen LogP contribution in [0.2, 0.25) is 0 Å². The molecular weight excluding hydrogens is 521 g/mol. The van der Waals surface area contributed by atoms with Gasteiger partial charge >= 0.3 is 0 Å². The largest absolute Gasteiger partial charge is 0.493 e. The summed E-state index contributed by atoms with van der Waals surface area (Å²) in [6.07, 6.45) is 3.30. The van der Waals surface area contributed by atoms with E-state index >= 15 is 0 Å². The third-order valence-corrected chi connectivity index (χ3v) is 7.14. The van der Waals surface area contributed by atoms with Gasteiger partial charge in [0.05, 0.1) is 6.61 Å². The molecule has 1 saturated heterocycles. The highest BCUT2D eigenvalue weighted by Gasteiger charge is 2.31. The van der Waals surface area contributed by atoms with Crippen molar-refractivity contribution in [1.29, 1.82) is 0 Å². The molecule has 1 heterocycles. The van der Waals surface area contributed by atoms with Crippen LogP contribution in [0.3, 0.4) is 0 Å². The van der Waals surface area contributed by atoms with Gasteiger partial charge in [0.2, 0.25) is 5.91 Å². The van der Waals surface area contributed by atoms with Crippen LogP contribution in [0.1, 0.15) is 54.9 Å². The van der Waals surface area contributed by atoms with Crippen LogP contribution in [-0.2, 0) is 29.2 Å². The van der Waals surface area contributed by atoms with Crippen LogP contribution < -0.4 is 20.1 Å². The van der Waals surface area contributed by atoms with Crippen molar-refractivity contribution in [2.75, 3.05) is 19.8 Å². The molecule has 1 aliphatic rings. The number of hydrogen-bond acceptors (Lipinski definition) is 5. The summed E-state index contributed by atoms with van der Waals surface area (Å²) >= 11 is 0. The van der Waals surface area contributed by atoms with Crippen LogP contribution in [0.4, 0.5) is 4.39 Å². The summed E-state index contributed by atoms with van der Waals surface area (Å²) in [5.74, 6) is 0.802. The summed E-state index contributed by atoms with van der Waals surface area (Å²) < 4.78 is 25.5. The number of ether oxygens (including phenoxy) is 2. The van der Waals surface area contributed by atoms with Crippen molar-refractivity contribution >= 4 is 11.8 Å². The van der Waals surface area contributed by atoms with Gasteiger partial charge in [0.15, 0.2) is 6.61 Å². The molecule has 4 rings (SSSR count). The zero-order valence-corrected chi connectivity index (χ0v) is 24.0. The summed E-state index contributed by atoms with van der Waals surface area (Å²) in [5.41, 5.74) is 3.56. The summed E-state index contributed by atoms with van der Waals surface area (Å²) in [5, 5.41) is 6.19. The van der Waals surface area contributed by atoms with E-state index in [0.717, 1.165) is 41.7 Å². The molecule has 1 fully saturated rings. The average Bonchev–Trinajstić information content (AvgIpc) is 3.20. The quantitative estimate of drug-likeness (QED) is 0.297. The lowest BCUT2D eigenvalue weighted by atomic mass is 10.1. The van der Waals surface area contributed by atoms with Gasteiger partial charge in [0, 0.05) is 31.7 Å². The van der Waals surface area contributed by atoms with Gasteiger partial charge in [-0.3, -0.25) is 9.59 Å². The van der Waals surface area contributed by atoms with E-state index in [0.29, 0.717) is 50.5 Å². The molecule has 0 spiro atoms. The molecule has 0 aromatic heterocycles. The molecular formula is C33H40FN3O4. The standard InChI is InChI=1S/C33H40FN3O4/c1-3-18-40-31-16-13-26(19-24(31)2)22-37(30-10-6-7-17-36-33(30)39)32(38)23-41-28-14-11-25(12-15-28)20-35-21-27-8-4-5-9-29(27)34/h4-5,8-9,11-16,19,30,35H,3,6-7,10,17-18,20-23H2,1-2H3,(H,36,39)/t30-/m0/s1. The minimum Gasteiger partial charge on any atom is -0.493 e. The molecule has 2 N–H and O–H groups in total. The number of rotatable bonds is 13. The molecule has 1 aliphatic heterocycles. The summed E-state index contributed by atoms with van der Waals surface area (Å²) in [6.45, 7) is 6.45. The zero-order valence-electron chi connectivity index (χ0n) is 24.0. The lowest BCUT2D eigenvalue weighted by Crippen LogP contribution is -2.49. The lowest BCUT2D eigenvalue weighted by Gasteiger charge is -2.30. The summed E-state index contributed by atoms with van der Waals surface area (Å²) in [4.78, 5) is 28.0. The van der Waals surface area contributed by atoms with Crippen molar-refractivity contribution in [3.05, 3.63) is 94.8 Å². The van der Waals surface area contributed by atoms with Gasteiger partial charge in [-0.1, -0.05) is 49.4 Å². The fourth-order valence-corrected chi connectivity index (χ4v) is 4.89. The average molecular weight is 562 g/mol. The van der Waals surface area contributed by atoms with Crippen LogP contribution in [0.15, 0.2) is 66.7 Å². The van der Waals surface area contributed by atoms with Gasteiger partial charge in [-0.25, -0.2) is 4.39 Å². The molecule has 1 atom stereocenters. The predicted molar refractivity (Wildman–Crippen MR) is 157 cm³/mol. The molecule has 0 aliphatic carbocycles. The molecule has 218 valence electrons. The van der Waals surface area contributed by atoms with Crippen molar-refractivity contribution in [2.45, 2.75) is 65.2 Å². The van der Waals surface area contributed by atoms with Crippen LogP contribution in [0.5, 0.6) is 11.5 Å². The van der Waals surface area contributed by atoms with Crippen molar-refractivity contribution in [3.8, 4) is 11.5 Å². The molecule has 0 unspecified atom stereocenters. The zero-order chi connectivity index (χ0) is 29.0. The highest BCUT2D eigenvalue weighted by Crippen LogP contribution is 2.23. The van der Waals surface area contributed by atoms with E-state index in [-0.39, 0.29) is 24.2 Å². The Morgan fingerprint density at radius 2 is 1.80 bits per heavy atom. The van der Waals surface area contributed by atoms with E-state index in [9.17, 15) is 14.0 Å². The normalized spacial score (nSPS) is 15.1. The third kappa shape index (κ3) is 8.79. The fourth-order valence-electron chi connectivity index (χ4n) is 4.89. The van der Waals surface area contributed by atoms with Gasteiger partial charge in [0.1, 0.15) is 23.4 Å². The van der Waals surface area contributed by atoms with Crippen LogP contribution in [-0.4, -0.2) is 42.5 Å². The first kappa shape index (κ1) is 30.1. The minimum absolute atomic E-state index is 0.122. The first-order chi connectivity index (χ1) is 19.9. The van der Waals surface area contributed by atoms with E-state index in [2.05, 4.69) is 17.6 Å². The lowest BCUT2D eigenvalue weighted by molar-refractivity contribution is -0.142. The number of nitrogens with one attached hydrogen (secondary N) is 2. The smallest absolute Gasteiger partial charge is 0.261 e. The SMILES string of the molecule is CCCOc1ccc(CN(C(=O)COc2ccc(CNCc3ccccc3F)cc2)[C@H]2CCCCNC2=O)cc1C. The van der Waals surface area contributed by atoms with Gasteiger partial charge in [-0.2, -0.15) is 0 Å². The van der Waals surface area contributed by atoms with Gasteiger partial charge < -0.3 is 25.0 Å². The Balaban J connectivity index is 1.37. The van der Waals surface area contributed by atoms with E-state index in [1.165, 1.54) is 6.07 Å². The molecule has 2 amide bonds. The van der Waals surface area contributed by atoms with Gasteiger partial charge in [-0.05, 0) is 73.6 Å². The third-order valence-electron chi connectivity index (χ3n) is 7.14. The van der Waals surface area contributed by atoms with E-state index in [1.807, 2.05) is 55.5 Å². The number of amides is 2. The Morgan fingerprint density at radius 1 is 1.02 bits per heavy atom. The van der Waals surface area contributed by atoms with Crippen molar-refractivity contribution < 1.29 is 23.5 Å². The monoisotopic (exact) mass is 561 g/mol. The number of benzene rings is 3. The van der Waals surface area contributed by atoms with Crippen molar-refractivity contribution in [1.82, 2.24) is 15.5 Å².